The number of amides is 4. The summed E-state index contributed by atoms with van der Waals surface area (Å²) in [5.41, 5.74) is 8.48. The monoisotopic (exact) mass is 1380 g/mol. The smallest absolute Gasteiger partial charge is 0.410 e. The van der Waals surface area contributed by atoms with Crippen LogP contribution in [0.15, 0.2) is 60.8 Å². The second kappa shape index (κ2) is 33.9. The van der Waals surface area contributed by atoms with Crippen LogP contribution in [0, 0.1) is 17.5 Å². The van der Waals surface area contributed by atoms with E-state index in [9.17, 15) is 32.3 Å². The summed E-state index contributed by atoms with van der Waals surface area (Å²) >= 11 is 18.2. The molecule has 6 aromatic rings. The summed E-state index contributed by atoms with van der Waals surface area (Å²) in [6.45, 7) is 19.2. The lowest BCUT2D eigenvalue weighted by molar-refractivity contribution is -0.191. The summed E-state index contributed by atoms with van der Waals surface area (Å²) in [7, 11) is 0. The van der Waals surface area contributed by atoms with E-state index in [1.54, 1.807) is 32.9 Å². The zero-order valence-electron chi connectivity index (χ0n) is 52.3. The van der Waals surface area contributed by atoms with E-state index in [4.69, 9.17) is 53.9 Å². The van der Waals surface area contributed by atoms with Gasteiger partial charge in [-0.05, 0) is 177 Å². The average molecular weight is 1380 g/mol. The molecule has 28 heteroatoms. The fourth-order valence-corrected chi connectivity index (χ4v) is 12.7. The highest BCUT2D eigenvalue weighted by Gasteiger charge is 2.35. The Morgan fingerprint density at radius 3 is 1.37 bits per heavy atom. The summed E-state index contributed by atoms with van der Waals surface area (Å²) in [6, 6.07) is 14.9. The summed E-state index contributed by atoms with van der Waals surface area (Å²) in [5, 5.41) is 28.6. The number of halogens is 8. The van der Waals surface area contributed by atoms with Gasteiger partial charge in [0.1, 0.15) is 28.7 Å². The van der Waals surface area contributed by atoms with Gasteiger partial charge in [0.15, 0.2) is 11.4 Å². The molecule has 20 nitrogen and oxygen atoms in total. The Kier molecular flexibility index (Phi) is 27.4. The van der Waals surface area contributed by atoms with E-state index >= 15 is 0 Å². The van der Waals surface area contributed by atoms with E-state index in [-0.39, 0.29) is 88.5 Å². The summed E-state index contributed by atoms with van der Waals surface area (Å²) < 4.78 is 51.4. The molecular formula is C64H80Cl5F3N12O8. The molecule has 3 aromatic carbocycles. The van der Waals surface area contributed by atoms with Crippen molar-refractivity contribution >= 4 is 89.8 Å². The second-order valence-electron chi connectivity index (χ2n) is 24.8. The third-order valence-electron chi connectivity index (χ3n) is 16.4. The highest BCUT2D eigenvalue weighted by atomic mass is 35.5. The third-order valence-corrected chi connectivity index (χ3v) is 17.6. The number of fused-ring (bicyclic) bond motifs is 3. The SMILES string of the molecule is CC(C)(C)OC(=O)N1CCc2c(C(=O)N3CCC(c4cccc(F)c4Cl)CC3)n[nH]c2C1.CC(C)(C)OC(=O)N1CCc2cn[nH]c2C1.Cl.Cl.Fc1cccc(C2CCNCC2)c1Cl.O=C(c1n[nH]c2c1CCNC2)N1CCC(c2cccc(F)c2Cl)CC1.O=C=O. The molecule has 92 heavy (non-hydrogen) atoms. The number of benzene rings is 3. The van der Waals surface area contributed by atoms with Gasteiger partial charge in [-0.15, -0.1) is 24.8 Å². The Morgan fingerprint density at radius 1 is 0.522 bits per heavy atom. The highest BCUT2D eigenvalue weighted by molar-refractivity contribution is 6.32. The van der Waals surface area contributed by atoms with Crippen LogP contribution in [0.1, 0.15) is 169 Å². The molecule has 0 spiro atoms. The zero-order valence-corrected chi connectivity index (χ0v) is 56.2. The van der Waals surface area contributed by atoms with Crippen LogP contribution in [-0.2, 0) is 58.0 Å². The average Bonchev–Trinajstić information content (AvgIpc) is 1.60. The van der Waals surface area contributed by atoms with E-state index in [1.165, 1.54) is 23.8 Å². The predicted octanol–water partition coefficient (Wildman–Crippen LogP) is 12.3. The van der Waals surface area contributed by atoms with E-state index in [2.05, 4.69) is 41.2 Å². The minimum atomic E-state index is -0.561. The van der Waals surface area contributed by atoms with Gasteiger partial charge in [-0.3, -0.25) is 24.9 Å². The van der Waals surface area contributed by atoms with E-state index in [0.29, 0.717) is 93.9 Å². The fraction of sp³-hybridized carbons (Fsp3) is 0.500. The van der Waals surface area contributed by atoms with Crippen molar-refractivity contribution in [2.75, 3.05) is 58.9 Å². The second-order valence-corrected chi connectivity index (χ2v) is 26.0. The number of H-pyrrole nitrogens is 3. The first-order valence-electron chi connectivity index (χ1n) is 30.3. The third kappa shape index (κ3) is 19.5. The molecule has 0 radical (unpaired) electrons. The molecule has 500 valence electrons. The van der Waals surface area contributed by atoms with E-state index < -0.39 is 17.0 Å². The van der Waals surface area contributed by atoms with E-state index in [1.807, 2.05) is 70.8 Å². The van der Waals surface area contributed by atoms with Gasteiger partial charge in [-0.2, -0.15) is 24.9 Å². The molecular weight excluding hydrogens is 1300 g/mol. The number of piperidine rings is 3. The van der Waals surface area contributed by atoms with Crippen molar-refractivity contribution in [3.63, 3.8) is 0 Å². The van der Waals surface area contributed by atoms with Gasteiger partial charge in [0.05, 0.1) is 51.4 Å². The van der Waals surface area contributed by atoms with Gasteiger partial charge in [-0.1, -0.05) is 71.2 Å². The molecule has 6 aliphatic rings. The molecule has 4 amide bonds. The van der Waals surface area contributed by atoms with Crippen LogP contribution < -0.4 is 10.6 Å². The van der Waals surface area contributed by atoms with Crippen LogP contribution in [-0.4, -0.2) is 150 Å². The topological polar surface area (TPSA) is 244 Å². The molecule has 0 aliphatic carbocycles. The molecule has 3 saturated heterocycles. The summed E-state index contributed by atoms with van der Waals surface area (Å²) in [4.78, 5) is 73.4. The highest BCUT2D eigenvalue weighted by Crippen LogP contribution is 2.37. The molecule has 0 saturated carbocycles. The number of likely N-dealkylation sites (tertiary alicyclic amines) is 2. The first-order chi connectivity index (χ1) is 42.9. The number of aromatic nitrogens is 6. The first-order valence-corrected chi connectivity index (χ1v) is 31.5. The van der Waals surface area contributed by atoms with Crippen LogP contribution in [0.5, 0.6) is 0 Å². The van der Waals surface area contributed by atoms with E-state index in [0.717, 1.165) is 110 Å². The number of carbonyl (C=O) groups is 4. The number of ether oxygens (including phenoxy) is 2. The van der Waals surface area contributed by atoms with Crippen LogP contribution in [0.25, 0.3) is 0 Å². The molecule has 6 aliphatic heterocycles. The standard InChI is InChI=1S/C23H28ClFN4O3.C18H20ClFN4O.C11H13ClFN.C11H17N3O2.CO2.2ClH/c1-23(2,3)32-22(31)29-12-9-16-18(13-29)26-27-20(16)21(30)28-10-7-14(8-11-28)15-5-4-6-17(25)19(15)24;19-16-12(2-1-3-14(16)20)11-5-8-24(9-6-11)18(25)17-13-4-7-21-10-15(13)22-23-17;12-11-9(2-1-3-10(11)13)8-4-6-14-7-5-8;1-11(2,3)16-10(15)14-5-4-8-6-12-13-9(8)7-14;2-1-3;;/h4-6,14H,7-13H2,1-3H3,(H,26,27);1-3,11,21H,4-10H2,(H,22,23);1-3,8,14H,4-7H2;6H,4-5,7H2,1-3H3,(H,12,13);;2*1H. The van der Waals surface area contributed by atoms with Crippen molar-refractivity contribution in [1.82, 2.24) is 60.8 Å². The van der Waals surface area contributed by atoms with Crippen molar-refractivity contribution < 1.29 is 51.4 Å². The quantitative estimate of drug-likeness (QED) is 0.108. The minimum absolute atomic E-state index is 0. The Hall–Kier alpha value is -6.69. The molecule has 5 N–H and O–H groups in total. The molecule has 0 unspecified atom stereocenters. The number of nitrogens with one attached hydrogen (secondary N) is 5. The van der Waals surface area contributed by atoms with Gasteiger partial charge < -0.3 is 39.7 Å². The van der Waals surface area contributed by atoms with Crippen LogP contribution in [0.3, 0.4) is 0 Å². The Labute approximate surface area is 560 Å². The number of hydrogen-bond donors (Lipinski definition) is 5. The Bertz CT molecular complexity index is 3490. The number of aromatic amines is 3. The molecule has 9 heterocycles. The largest absolute Gasteiger partial charge is 0.444 e. The molecule has 12 rings (SSSR count). The van der Waals surface area contributed by atoms with Crippen LogP contribution in [0.2, 0.25) is 15.1 Å². The summed E-state index contributed by atoms with van der Waals surface area (Å²) in [5.74, 6) is -0.495. The Balaban J connectivity index is 0.000000200. The van der Waals surface area contributed by atoms with Crippen LogP contribution >= 0.6 is 59.6 Å². The zero-order chi connectivity index (χ0) is 64.9. The van der Waals surface area contributed by atoms with Gasteiger partial charge in [0.2, 0.25) is 0 Å². The van der Waals surface area contributed by atoms with Crippen molar-refractivity contribution in [3.05, 3.63) is 155 Å². The van der Waals surface area contributed by atoms with Gasteiger partial charge in [-0.25, -0.2) is 22.8 Å². The van der Waals surface area contributed by atoms with Gasteiger partial charge in [0, 0.05) is 56.9 Å². The van der Waals surface area contributed by atoms with Crippen molar-refractivity contribution in [2.45, 2.75) is 148 Å². The lowest BCUT2D eigenvalue weighted by Gasteiger charge is -2.33. The first kappa shape index (κ1) is 74.4. The fourth-order valence-electron chi connectivity index (χ4n) is 11.8. The lowest BCUT2D eigenvalue weighted by atomic mass is 9.89. The molecule has 3 fully saturated rings. The van der Waals surface area contributed by atoms with Gasteiger partial charge >= 0.3 is 18.3 Å². The minimum Gasteiger partial charge on any atom is -0.444 e. The maximum Gasteiger partial charge on any atom is 0.410 e. The Morgan fingerprint density at radius 2 is 0.924 bits per heavy atom. The number of carbonyl (C=O) groups excluding carboxylic acids is 6. The molecule has 0 bridgehead atoms. The normalized spacial score (nSPS) is 16.6. The van der Waals surface area contributed by atoms with Crippen molar-refractivity contribution in [1.29, 1.82) is 0 Å². The molecule has 3 aromatic heterocycles. The number of rotatable bonds is 5. The lowest BCUT2D eigenvalue weighted by Crippen LogP contribution is -2.41. The maximum absolute atomic E-state index is 13.8. The van der Waals surface area contributed by atoms with Crippen molar-refractivity contribution in [2.24, 2.45) is 0 Å². The van der Waals surface area contributed by atoms with Crippen LogP contribution in [0.4, 0.5) is 22.8 Å². The molecule has 0 atom stereocenters. The van der Waals surface area contributed by atoms with Gasteiger partial charge in [0.25, 0.3) is 11.8 Å². The maximum atomic E-state index is 13.8. The number of hydrogen-bond acceptors (Lipinski definition) is 13. The van der Waals surface area contributed by atoms with Crippen molar-refractivity contribution in [3.8, 4) is 0 Å². The predicted molar refractivity (Wildman–Crippen MR) is 346 cm³/mol. The number of nitrogens with zero attached hydrogens (tertiary/aromatic N) is 7. The summed E-state index contributed by atoms with van der Waals surface area (Å²) in [6.07, 6.45) is 8.73.